The zero-order chi connectivity index (χ0) is 13.8. The highest BCUT2D eigenvalue weighted by Crippen LogP contribution is 2.24. The molecule has 0 unspecified atom stereocenters. The number of hydrogen-bond acceptors (Lipinski definition) is 3. The molecule has 2 rings (SSSR count). The van der Waals surface area contributed by atoms with Crippen LogP contribution in [0.1, 0.15) is 11.1 Å². The smallest absolute Gasteiger partial charge is 0.118 e. The molecule has 0 spiro atoms. The second-order valence-corrected chi connectivity index (χ2v) is 4.77. The van der Waals surface area contributed by atoms with Crippen molar-refractivity contribution in [1.82, 2.24) is 0 Å². The lowest BCUT2D eigenvalue weighted by atomic mass is 10.1. The van der Waals surface area contributed by atoms with E-state index in [4.69, 9.17) is 10.5 Å². The van der Waals surface area contributed by atoms with Crippen LogP contribution >= 0.6 is 0 Å². The van der Waals surface area contributed by atoms with Gasteiger partial charge in [0.25, 0.3) is 0 Å². The van der Waals surface area contributed by atoms with Gasteiger partial charge in [0.05, 0.1) is 18.5 Å². The van der Waals surface area contributed by atoms with Crippen LogP contribution in [0, 0.1) is 6.92 Å². The van der Waals surface area contributed by atoms with E-state index in [0.717, 1.165) is 23.7 Å². The molecule has 100 valence electrons. The first-order valence-corrected chi connectivity index (χ1v) is 6.30. The Morgan fingerprint density at radius 1 is 1.11 bits per heavy atom. The molecule has 0 saturated carbocycles. The molecule has 0 aliphatic carbocycles. The third-order valence-electron chi connectivity index (χ3n) is 3.17. The van der Waals surface area contributed by atoms with Crippen LogP contribution in [0.3, 0.4) is 0 Å². The van der Waals surface area contributed by atoms with Crippen molar-refractivity contribution in [2.45, 2.75) is 13.5 Å². The lowest BCUT2D eigenvalue weighted by Crippen LogP contribution is -2.17. The Morgan fingerprint density at radius 2 is 1.79 bits per heavy atom. The highest BCUT2D eigenvalue weighted by molar-refractivity contribution is 5.68. The first-order chi connectivity index (χ1) is 9.10. The van der Waals surface area contributed by atoms with Gasteiger partial charge in [0.1, 0.15) is 5.75 Å². The van der Waals surface area contributed by atoms with Crippen molar-refractivity contribution in [3.05, 3.63) is 53.6 Å². The molecule has 0 bridgehead atoms. The zero-order valence-corrected chi connectivity index (χ0v) is 11.7. The molecule has 2 aromatic carbocycles. The minimum atomic E-state index is 0.816. The highest BCUT2D eigenvalue weighted by Gasteiger charge is 2.06. The molecule has 0 radical (unpaired) electrons. The Morgan fingerprint density at radius 3 is 2.37 bits per heavy atom. The number of nitrogens with zero attached hydrogens (tertiary/aromatic N) is 1. The van der Waals surface area contributed by atoms with E-state index < -0.39 is 0 Å². The number of hydrogen-bond donors (Lipinski definition) is 1. The molecule has 19 heavy (non-hydrogen) atoms. The summed E-state index contributed by atoms with van der Waals surface area (Å²) in [7, 11) is 3.72. The molecule has 2 aromatic rings. The first kappa shape index (κ1) is 13.3. The van der Waals surface area contributed by atoms with Crippen LogP contribution in [0.15, 0.2) is 42.5 Å². The molecule has 0 saturated heterocycles. The summed E-state index contributed by atoms with van der Waals surface area (Å²) < 4.78 is 5.16. The number of aryl methyl sites for hydroxylation is 1. The summed E-state index contributed by atoms with van der Waals surface area (Å²) in [5.74, 6) is 0.876. The second kappa shape index (κ2) is 5.65. The molecule has 0 aliphatic rings. The van der Waals surface area contributed by atoms with Gasteiger partial charge in [-0.1, -0.05) is 18.2 Å². The average Bonchev–Trinajstić information content (AvgIpc) is 2.39. The largest absolute Gasteiger partial charge is 0.497 e. The van der Waals surface area contributed by atoms with E-state index in [1.807, 2.05) is 32.2 Å². The third-order valence-corrected chi connectivity index (χ3v) is 3.17. The molecule has 0 atom stereocenters. The van der Waals surface area contributed by atoms with Crippen molar-refractivity contribution in [2.24, 2.45) is 0 Å². The van der Waals surface area contributed by atoms with Crippen molar-refractivity contribution in [3.8, 4) is 5.75 Å². The SMILES string of the molecule is COc1ccc(CN(C)c2ccc(C)cc2N)cc1. The molecular formula is C16H20N2O. The van der Waals surface area contributed by atoms with Gasteiger partial charge in [-0.25, -0.2) is 0 Å². The topological polar surface area (TPSA) is 38.5 Å². The van der Waals surface area contributed by atoms with Crippen molar-refractivity contribution in [2.75, 3.05) is 24.8 Å². The van der Waals surface area contributed by atoms with Gasteiger partial charge in [0.2, 0.25) is 0 Å². The summed E-state index contributed by atoms with van der Waals surface area (Å²) >= 11 is 0. The van der Waals surface area contributed by atoms with Crippen LogP contribution in [0.2, 0.25) is 0 Å². The van der Waals surface area contributed by atoms with Gasteiger partial charge in [-0.2, -0.15) is 0 Å². The molecule has 0 heterocycles. The van der Waals surface area contributed by atoms with Gasteiger partial charge in [0, 0.05) is 13.6 Å². The molecule has 0 aromatic heterocycles. The van der Waals surface area contributed by atoms with Gasteiger partial charge in [0.15, 0.2) is 0 Å². The van der Waals surface area contributed by atoms with E-state index in [9.17, 15) is 0 Å². The van der Waals surface area contributed by atoms with E-state index >= 15 is 0 Å². The number of benzene rings is 2. The van der Waals surface area contributed by atoms with Gasteiger partial charge in [-0.05, 0) is 42.3 Å². The first-order valence-electron chi connectivity index (χ1n) is 6.30. The minimum absolute atomic E-state index is 0.816. The van der Waals surface area contributed by atoms with E-state index in [-0.39, 0.29) is 0 Å². The number of nitrogen functional groups attached to an aromatic ring is 1. The minimum Gasteiger partial charge on any atom is -0.497 e. The fourth-order valence-corrected chi connectivity index (χ4v) is 2.11. The number of nitrogens with two attached hydrogens (primary N) is 1. The van der Waals surface area contributed by atoms with E-state index in [1.165, 1.54) is 11.1 Å². The van der Waals surface area contributed by atoms with Crippen LogP contribution in [0.25, 0.3) is 0 Å². The Bertz CT molecular complexity index is 549. The van der Waals surface area contributed by atoms with Crippen molar-refractivity contribution >= 4 is 11.4 Å². The van der Waals surface area contributed by atoms with Crippen molar-refractivity contribution < 1.29 is 4.74 Å². The summed E-state index contributed by atoms with van der Waals surface area (Å²) in [6.45, 7) is 2.86. The van der Waals surface area contributed by atoms with Crippen LogP contribution in [-0.2, 0) is 6.54 Å². The fourth-order valence-electron chi connectivity index (χ4n) is 2.11. The molecule has 3 heteroatoms. The zero-order valence-electron chi connectivity index (χ0n) is 11.7. The Labute approximate surface area is 114 Å². The maximum atomic E-state index is 6.06. The Hall–Kier alpha value is -2.16. The monoisotopic (exact) mass is 256 g/mol. The maximum absolute atomic E-state index is 6.06. The summed E-state index contributed by atoms with van der Waals surface area (Å²) in [6, 6.07) is 14.2. The summed E-state index contributed by atoms with van der Waals surface area (Å²) in [5.41, 5.74) is 10.3. The van der Waals surface area contributed by atoms with Gasteiger partial charge >= 0.3 is 0 Å². The van der Waals surface area contributed by atoms with Crippen molar-refractivity contribution in [3.63, 3.8) is 0 Å². The third kappa shape index (κ3) is 3.19. The highest BCUT2D eigenvalue weighted by atomic mass is 16.5. The number of ether oxygens (including phenoxy) is 1. The van der Waals surface area contributed by atoms with Gasteiger partial charge in [-0.15, -0.1) is 0 Å². The fraction of sp³-hybridized carbons (Fsp3) is 0.250. The Balaban J connectivity index is 2.13. The standard InChI is InChI=1S/C16H20N2O/c1-12-4-9-16(15(17)10-12)18(2)11-13-5-7-14(19-3)8-6-13/h4-10H,11,17H2,1-3H3. The molecular weight excluding hydrogens is 236 g/mol. The Kier molecular flexibility index (Phi) is 3.95. The van der Waals surface area contributed by atoms with Gasteiger partial charge in [-0.3, -0.25) is 0 Å². The number of methoxy groups -OCH3 is 1. The predicted octanol–water partition coefficient (Wildman–Crippen LogP) is 3.22. The van der Waals surface area contributed by atoms with Crippen molar-refractivity contribution in [1.29, 1.82) is 0 Å². The number of anilines is 2. The molecule has 0 amide bonds. The van der Waals surface area contributed by atoms with E-state index in [0.29, 0.717) is 0 Å². The molecule has 2 N–H and O–H groups in total. The van der Waals surface area contributed by atoms with Gasteiger partial charge < -0.3 is 15.4 Å². The molecule has 0 aliphatic heterocycles. The molecule has 3 nitrogen and oxygen atoms in total. The quantitative estimate of drug-likeness (QED) is 0.854. The van der Waals surface area contributed by atoms with Crippen LogP contribution in [0.5, 0.6) is 5.75 Å². The lowest BCUT2D eigenvalue weighted by molar-refractivity contribution is 0.414. The summed E-state index contributed by atoms with van der Waals surface area (Å²) in [4.78, 5) is 2.15. The normalized spacial score (nSPS) is 10.3. The van der Waals surface area contributed by atoms with Crippen LogP contribution in [-0.4, -0.2) is 14.2 Å². The van der Waals surface area contributed by atoms with Crippen LogP contribution in [0.4, 0.5) is 11.4 Å². The molecule has 0 fully saturated rings. The predicted molar refractivity (Wildman–Crippen MR) is 80.7 cm³/mol. The van der Waals surface area contributed by atoms with E-state index in [2.05, 4.69) is 29.2 Å². The number of rotatable bonds is 4. The summed E-state index contributed by atoms with van der Waals surface area (Å²) in [5, 5.41) is 0. The summed E-state index contributed by atoms with van der Waals surface area (Å²) in [6.07, 6.45) is 0. The average molecular weight is 256 g/mol. The maximum Gasteiger partial charge on any atom is 0.118 e. The lowest BCUT2D eigenvalue weighted by Gasteiger charge is -2.21. The second-order valence-electron chi connectivity index (χ2n) is 4.77. The van der Waals surface area contributed by atoms with Crippen LogP contribution < -0.4 is 15.4 Å². The van der Waals surface area contributed by atoms with E-state index in [1.54, 1.807) is 7.11 Å².